The fraction of sp³-hybridized carbons (Fsp3) is 0.0714. The zero-order chi connectivity index (χ0) is 25.1. The molecule has 8 heteroatoms. The molecule has 0 fully saturated rings. The first kappa shape index (κ1) is 22.8. The van der Waals surface area contributed by atoms with Crippen LogP contribution in [0.1, 0.15) is 16.7 Å². The molecule has 0 aliphatic carbocycles. The highest BCUT2D eigenvalue weighted by molar-refractivity contribution is 5.85. The van der Waals surface area contributed by atoms with E-state index in [0.29, 0.717) is 22.6 Å². The van der Waals surface area contributed by atoms with Crippen LogP contribution in [0.15, 0.2) is 101 Å². The Balaban J connectivity index is 1.68. The van der Waals surface area contributed by atoms with Crippen LogP contribution in [0.3, 0.4) is 0 Å². The number of rotatable bonds is 7. The lowest BCUT2D eigenvalue weighted by Gasteiger charge is -2.12. The van der Waals surface area contributed by atoms with Crippen LogP contribution in [0.25, 0.3) is 28.6 Å². The summed E-state index contributed by atoms with van der Waals surface area (Å²) in [5, 5.41) is 8.92. The van der Waals surface area contributed by atoms with Crippen molar-refractivity contribution in [2.45, 2.75) is 13.1 Å². The second kappa shape index (κ2) is 9.71. The van der Waals surface area contributed by atoms with Gasteiger partial charge in [-0.3, -0.25) is 13.9 Å². The highest BCUT2D eigenvalue weighted by Crippen LogP contribution is 2.21. The summed E-state index contributed by atoms with van der Waals surface area (Å²) in [6, 6.07) is 26.0. The molecule has 0 unspecified atom stereocenters. The minimum atomic E-state index is -1.05. The first-order valence-corrected chi connectivity index (χ1v) is 11.3. The van der Waals surface area contributed by atoms with Gasteiger partial charge in [0.2, 0.25) is 0 Å². The molecule has 2 N–H and O–H groups in total. The predicted molar refractivity (Wildman–Crippen MR) is 138 cm³/mol. The van der Waals surface area contributed by atoms with Crippen LogP contribution >= 0.6 is 0 Å². The van der Waals surface area contributed by atoms with E-state index in [0.717, 1.165) is 17.2 Å². The number of carboxylic acid groups (broad SMARTS) is 1. The Morgan fingerprint density at radius 2 is 1.50 bits per heavy atom. The Labute approximate surface area is 205 Å². The van der Waals surface area contributed by atoms with Gasteiger partial charge in [-0.05, 0) is 28.8 Å². The van der Waals surface area contributed by atoms with E-state index in [-0.39, 0.29) is 18.6 Å². The minimum absolute atomic E-state index is 0.126. The molecule has 0 amide bonds. The number of nitrogens with one attached hydrogen (secondary N) is 1. The first-order valence-electron chi connectivity index (χ1n) is 11.3. The van der Waals surface area contributed by atoms with Crippen LogP contribution in [0.5, 0.6) is 0 Å². The number of nitrogens with zero attached hydrogens (tertiary/aromatic N) is 3. The van der Waals surface area contributed by atoms with Crippen molar-refractivity contribution in [3.05, 3.63) is 129 Å². The largest absolute Gasteiger partial charge is 0.478 e. The highest BCUT2D eigenvalue weighted by atomic mass is 16.4. The van der Waals surface area contributed by atoms with E-state index < -0.39 is 17.2 Å². The molecule has 0 bridgehead atoms. The molecule has 0 radical (unpaired) electrons. The number of carbonyl (C=O) groups is 1. The monoisotopic (exact) mass is 478 g/mol. The van der Waals surface area contributed by atoms with Crippen molar-refractivity contribution >= 4 is 23.2 Å². The molecule has 0 saturated heterocycles. The molecule has 0 spiro atoms. The van der Waals surface area contributed by atoms with E-state index >= 15 is 0 Å². The molecular formula is C28H22N4O4. The van der Waals surface area contributed by atoms with Gasteiger partial charge in [0.1, 0.15) is 11.5 Å². The second-order valence-corrected chi connectivity index (χ2v) is 8.31. The summed E-state index contributed by atoms with van der Waals surface area (Å²) >= 11 is 0. The molecule has 3 aromatic carbocycles. The summed E-state index contributed by atoms with van der Waals surface area (Å²) < 4.78 is 2.73. The lowest BCUT2D eigenvalue weighted by Crippen LogP contribution is -2.40. The lowest BCUT2D eigenvalue weighted by molar-refractivity contribution is -0.131. The second-order valence-electron chi connectivity index (χ2n) is 8.31. The summed E-state index contributed by atoms with van der Waals surface area (Å²) in [6.07, 6.45) is 2.53. The van der Waals surface area contributed by atoms with Crippen LogP contribution in [0, 0.1) is 0 Å². The Kier molecular flexibility index (Phi) is 6.15. The lowest BCUT2D eigenvalue weighted by atomic mass is 10.1. The van der Waals surface area contributed by atoms with E-state index in [1.165, 1.54) is 15.2 Å². The zero-order valence-corrected chi connectivity index (χ0v) is 19.2. The Morgan fingerprint density at radius 3 is 2.14 bits per heavy atom. The minimum Gasteiger partial charge on any atom is -0.478 e. The number of hydrogen-bond acceptors (Lipinski definition) is 4. The number of aromatic nitrogens is 4. The maximum absolute atomic E-state index is 13.6. The fourth-order valence-corrected chi connectivity index (χ4v) is 4.08. The van der Waals surface area contributed by atoms with Gasteiger partial charge in [-0.15, -0.1) is 0 Å². The van der Waals surface area contributed by atoms with Gasteiger partial charge in [0.15, 0.2) is 5.52 Å². The third kappa shape index (κ3) is 4.65. The van der Waals surface area contributed by atoms with Gasteiger partial charge in [0, 0.05) is 11.6 Å². The van der Waals surface area contributed by atoms with Crippen molar-refractivity contribution in [3.8, 4) is 11.4 Å². The summed E-state index contributed by atoms with van der Waals surface area (Å²) in [5.74, 6) is -0.639. The molecule has 0 aliphatic heterocycles. The molecule has 0 aliphatic rings. The number of benzene rings is 3. The van der Waals surface area contributed by atoms with Crippen LogP contribution in [0.4, 0.5) is 0 Å². The van der Waals surface area contributed by atoms with E-state index in [1.807, 2.05) is 60.7 Å². The third-order valence-electron chi connectivity index (χ3n) is 5.81. The number of H-pyrrole nitrogens is 1. The normalized spacial score (nSPS) is 11.3. The van der Waals surface area contributed by atoms with E-state index in [2.05, 4.69) is 9.97 Å². The number of hydrogen-bond donors (Lipinski definition) is 2. The molecule has 8 nitrogen and oxygen atoms in total. The highest BCUT2D eigenvalue weighted by Gasteiger charge is 2.18. The number of carboxylic acids is 1. The van der Waals surface area contributed by atoms with Gasteiger partial charge < -0.3 is 10.1 Å². The van der Waals surface area contributed by atoms with Gasteiger partial charge >= 0.3 is 11.7 Å². The summed E-state index contributed by atoms with van der Waals surface area (Å²) in [7, 11) is 0. The summed E-state index contributed by atoms with van der Waals surface area (Å²) in [4.78, 5) is 45.6. The maximum atomic E-state index is 13.6. The molecule has 178 valence electrons. The smallest absolute Gasteiger partial charge is 0.333 e. The molecule has 0 saturated carbocycles. The average molecular weight is 479 g/mol. The van der Waals surface area contributed by atoms with Crippen LogP contribution < -0.4 is 11.2 Å². The number of fused-ring (bicyclic) bond motifs is 1. The van der Waals surface area contributed by atoms with Gasteiger partial charge in [0.25, 0.3) is 5.56 Å². The molecule has 5 rings (SSSR count). The van der Waals surface area contributed by atoms with Crippen LogP contribution in [-0.4, -0.2) is 30.2 Å². The number of imidazole rings is 1. The zero-order valence-electron chi connectivity index (χ0n) is 19.2. The topological polar surface area (TPSA) is 110 Å². The average Bonchev–Trinajstić information content (AvgIpc) is 3.35. The first-order chi connectivity index (χ1) is 17.5. The standard InChI is InChI=1S/C28H22N4O4/c33-23(34)15-14-19-12-7-13-22(16-19)25-29-24-26(30-25)31(17-20-8-3-1-4-9-20)28(36)32(27(24)35)18-21-10-5-2-6-11-21/h1-16H,17-18H2,(H,29,30)(H,33,34)/b15-14+. The van der Waals surface area contributed by atoms with Gasteiger partial charge in [-0.25, -0.2) is 14.6 Å². The van der Waals surface area contributed by atoms with Crippen molar-refractivity contribution in [3.63, 3.8) is 0 Å². The fourth-order valence-electron chi connectivity index (χ4n) is 4.08. The molecule has 36 heavy (non-hydrogen) atoms. The Hall–Kier alpha value is -4.98. The SMILES string of the molecule is O=C(O)/C=C/c1cccc(-c2nc3c(=O)n(Cc4ccccc4)c(=O)n(Cc4ccccc4)c3[nH]2)c1. The molecule has 5 aromatic rings. The maximum Gasteiger partial charge on any atom is 0.333 e. The van der Waals surface area contributed by atoms with Crippen molar-refractivity contribution in [2.24, 2.45) is 0 Å². The van der Waals surface area contributed by atoms with Crippen molar-refractivity contribution in [1.82, 2.24) is 19.1 Å². The quantitative estimate of drug-likeness (QED) is 0.346. The molecule has 0 atom stereocenters. The molecule has 2 aromatic heterocycles. The summed E-state index contributed by atoms with van der Waals surface area (Å²) in [5.41, 5.74) is 2.63. The number of aromatic amines is 1. The molecular weight excluding hydrogens is 456 g/mol. The molecule has 2 heterocycles. The van der Waals surface area contributed by atoms with E-state index in [4.69, 9.17) is 5.11 Å². The van der Waals surface area contributed by atoms with Gasteiger partial charge in [-0.2, -0.15) is 0 Å². The van der Waals surface area contributed by atoms with Gasteiger partial charge in [-0.1, -0.05) is 78.9 Å². The Bertz CT molecular complexity index is 1700. The number of aliphatic carboxylic acids is 1. The van der Waals surface area contributed by atoms with Crippen molar-refractivity contribution in [1.29, 1.82) is 0 Å². The van der Waals surface area contributed by atoms with E-state index in [1.54, 1.807) is 24.3 Å². The van der Waals surface area contributed by atoms with Crippen LogP contribution in [-0.2, 0) is 17.9 Å². The Morgan fingerprint density at radius 1 is 0.861 bits per heavy atom. The predicted octanol–water partition coefficient (Wildman–Crippen LogP) is 3.75. The van der Waals surface area contributed by atoms with Gasteiger partial charge in [0.05, 0.1) is 13.1 Å². The summed E-state index contributed by atoms with van der Waals surface area (Å²) in [6.45, 7) is 0.384. The van der Waals surface area contributed by atoms with E-state index in [9.17, 15) is 14.4 Å². The van der Waals surface area contributed by atoms with Crippen LogP contribution in [0.2, 0.25) is 0 Å². The third-order valence-corrected chi connectivity index (χ3v) is 5.81. The van der Waals surface area contributed by atoms with Crippen molar-refractivity contribution in [2.75, 3.05) is 0 Å². The van der Waals surface area contributed by atoms with Crippen molar-refractivity contribution < 1.29 is 9.90 Å².